The van der Waals surface area contributed by atoms with E-state index in [9.17, 15) is 9.59 Å². The summed E-state index contributed by atoms with van der Waals surface area (Å²) in [6, 6.07) is 3.85. The molecule has 0 aromatic carbocycles. The zero-order valence-corrected chi connectivity index (χ0v) is 14.6. The fraction of sp³-hybridized carbons (Fsp3) is 0.562. The van der Waals surface area contributed by atoms with Crippen LogP contribution in [0.4, 0.5) is 0 Å². The van der Waals surface area contributed by atoms with Crippen LogP contribution in [0.5, 0.6) is 0 Å². The van der Waals surface area contributed by atoms with Crippen molar-refractivity contribution in [2.24, 2.45) is 0 Å². The van der Waals surface area contributed by atoms with E-state index in [4.69, 9.17) is 4.74 Å². The van der Waals surface area contributed by atoms with Gasteiger partial charge in [-0.2, -0.15) is 0 Å². The van der Waals surface area contributed by atoms with Gasteiger partial charge in [-0.05, 0) is 40.9 Å². The van der Waals surface area contributed by atoms with Crippen molar-refractivity contribution in [2.75, 3.05) is 13.1 Å². The molecule has 1 spiro atoms. The topological polar surface area (TPSA) is 71.5 Å². The molecule has 0 saturated carbocycles. The standard InChI is InChI=1S/C16H20BrN3O3/c1-11-15(22)19-16(23-11)6-8-20(9-7-16)14(21)5-3-12-2-4-13(17)18-10-12/h2,4,10-11H,3,5-9H2,1H3,(H,19,22). The van der Waals surface area contributed by atoms with Gasteiger partial charge in [0.2, 0.25) is 5.91 Å². The second-order valence-electron chi connectivity index (χ2n) is 6.11. The monoisotopic (exact) mass is 381 g/mol. The molecule has 7 heteroatoms. The fourth-order valence-corrected chi connectivity index (χ4v) is 3.31. The zero-order valence-electron chi connectivity index (χ0n) is 13.0. The number of ether oxygens (including phenoxy) is 1. The number of carbonyl (C=O) groups excluding carboxylic acids is 2. The summed E-state index contributed by atoms with van der Waals surface area (Å²) in [4.78, 5) is 30.0. The summed E-state index contributed by atoms with van der Waals surface area (Å²) in [6.07, 6.45) is 3.84. The van der Waals surface area contributed by atoms with Gasteiger partial charge in [0.15, 0.2) is 0 Å². The largest absolute Gasteiger partial charge is 0.343 e. The van der Waals surface area contributed by atoms with Crippen LogP contribution in [-0.2, 0) is 20.7 Å². The Morgan fingerprint density at radius 3 is 2.78 bits per heavy atom. The van der Waals surface area contributed by atoms with Gasteiger partial charge in [0.05, 0.1) is 0 Å². The van der Waals surface area contributed by atoms with Crippen LogP contribution in [0.1, 0.15) is 31.7 Å². The van der Waals surface area contributed by atoms with Crippen molar-refractivity contribution in [3.63, 3.8) is 0 Å². The van der Waals surface area contributed by atoms with Crippen molar-refractivity contribution in [1.29, 1.82) is 0 Å². The fourth-order valence-electron chi connectivity index (χ4n) is 3.07. The van der Waals surface area contributed by atoms with Gasteiger partial charge < -0.3 is 15.0 Å². The Balaban J connectivity index is 1.49. The molecule has 23 heavy (non-hydrogen) atoms. The van der Waals surface area contributed by atoms with Crippen molar-refractivity contribution in [1.82, 2.24) is 15.2 Å². The van der Waals surface area contributed by atoms with Crippen LogP contribution in [-0.4, -0.2) is 46.6 Å². The van der Waals surface area contributed by atoms with Gasteiger partial charge in [0.1, 0.15) is 16.4 Å². The molecule has 0 bridgehead atoms. The minimum Gasteiger partial charge on any atom is -0.343 e. The summed E-state index contributed by atoms with van der Waals surface area (Å²) < 4.78 is 6.55. The Hall–Kier alpha value is -1.47. The lowest BCUT2D eigenvalue weighted by Gasteiger charge is -2.38. The van der Waals surface area contributed by atoms with Gasteiger partial charge in [-0.1, -0.05) is 6.07 Å². The predicted octanol–water partition coefficient (Wildman–Crippen LogP) is 1.63. The first kappa shape index (κ1) is 16.4. The van der Waals surface area contributed by atoms with Gasteiger partial charge in [-0.3, -0.25) is 9.59 Å². The van der Waals surface area contributed by atoms with Crippen LogP contribution >= 0.6 is 15.9 Å². The first-order chi connectivity index (χ1) is 11.0. The van der Waals surface area contributed by atoms with Crippen molar-refractivity contribution in [3.8, 4) is 0 Å². The Bertz CT molecular complexity index is 597. The third-order valence-corrected chi connectivity index (χ3v) is 4.93. The average molecular weight is 382 g/mol. The third kappa shape index (κ3) is 3.72. The Labute approximate surface area is 143 Å². The predicted molar refractivity (Wildman–Crippen MR) is 87.5 cm³/mol. The van der Waals surface area contributed by atoms with Crippen LogP contribution < -0.4 is 5.32 Å². The first-order valence-corrected chi connectivity index (χ1v) is 8.65. The van der Waals surface area contributed by atoms with E-state index in [1.54, 1.807) is 13.1 Å². The normalized spacial score (nSPS) is 23.1. The summed E-state index contributed by atoms with van der Waals surface area (Å²) in [7, 11) is 0. The maximum atomic E-state index is 12.3. The molecule has 0 radical (unpaired) electrons. The van der Waals surface area contributed by atoms with Crippen LogP contribution in [0.2, 0.25) is 0 Å². The number of rotatable bonds is 3. The van der Waals surface area contributed by atoms with E-state index in [0.29, 0.717) is 38.8 Å². The number of nitrogens with zero attached hydrogens (tertiary/aromatic N) is 2. The molecule has 124 valence electrons. The van der Waals surface area contributed by atoms with Crippen molar-refractivity contribution >= 4 is 27.7 Å². The molecule has 3 heterocycles. The second kappa shape index (κ2) is 6.57. The maximum Gasteiger partial charge on any atom is 0.251 e. The number of hydrogen-bond acceptors (Lipinski definition) is 4. The number of aromatic nitrogens is 1. The molecular weight excluding hydrogens is 362 g/mol. The van der Waals surface area contributed by atoms with E-state index < -0.39 is 11.8 Å². The summed E-state index contributed by atoms with van der Waals surface area (Å²) >= 11 is 3.30. The second-order valence-corrected chi connectivity index (χ2v) is 6.93. The number of hydrogen-bond donors (Lipinski definition) is 1. The highest BCUT2D eigenvalue weighted by Gasteiger charge is 2.45. The molecule has 2 amide bonds. The van der Waals surface area contributed by atoms with Crippen LogP contribution in [0.3, 0.4) is 0 Å². The summed E-state index contributed by atoms with van der Waals surface area (Å²) in [5.41, 5.74) is 0.485. The number of amides is 2. The van der Waals surface area contributed by atoms with E-state index >= 15 is 0 Å². The van der Waals surface area contributed by atoms with Crippen molar-refractivity contribution in [2.45, 2.75) is 44.4 Å². The van der Waals surface area contributed by atoms with Gasteiger partial charge in [-0.25, -0.2) is 4.98 Å². The first-order valence-electron chi connectivity index (χ1n) is 7.85. The Morgan fingerprint density at radius 2 is 2.22 bits per heavy atom. The van der Waals surface area contributed by atoms with Gasteiger partial charge in [0, 0.05) is 38.5 Å². The molecule has 2 aliphatic heterocycles. The van der Waals surface area contributed by atoms with E-state index in [0.717, 1.165) is 10.2 Å². The number of likely N-dealkylation sites (tertiary alicyclic amines) is 1. The van der Waals surface area contributed by atoms with Gasteiger partial charge in [-0.15, -0.1) is 0 Å². The summed E-state index contributed by atoms with van der Waals surface area (Å²) in [5, 5.41) is 2.93. The molecule has 1 aromatic heterocycles. The smallest absolute Gasteiger partial charge is 0.251 e. The number of piperidine rings is 1. The SMILES string of the molecule is CC1OC2(CCN(C(=O)CCc3ccc(Br)nc3)CC2)NC1=O. The lowest BCUT2D eigenvalue weighted by molar-refractivity contribution is -0.138. The minimum atomic E-state index is -0.567. The Kier molecular flexibility index (Phi) is 4.68. The quantitative estimate of drug-likeness (QED) is 0.807. The number of aryl methyl sites for hydroxylation is 1. The lowest BCUT2D eigenvalue weighted by atomic mass is 10.00. The average Bonchev–Trinajstić information content (AvgIpc) is 2.81. The van der Waals surface area contributed by atoms with E-state index in [1.807, 2.05) is 17.0 Å². The zero-order chi connectivity index (χ0) is 16.4. The molecule has 3 rings (SSSR count). The maximum absolute atomic E-state index is 12.3. The van der Waals surface area contributed by atoms with Crippen molar-refractivity contribution in [3.05, 3.63) is 28.5 Å². The molecular formula is C16H20BrN3O3. The highest BCUT2D eigenvalue weighted by atomic mass is 79.9. The highest BCUT2D eigenvalue weighted by Crippen LogP contribution is 2.29. The highest BCUT2D eigenvalue weighted by molar-refractivity contribution is 9.10. The molecule has 2 aliphatic rings. The number of carbonyl (C=O) groups is 2. The van der Waals surface area contributed by atoms with E-state index in [1.165, 1.54) is 0 Å². The van der Waals surface area contributed by atoms with Gasteiger partial charge in [0.25, 0.3) is 5.91 Å². The third-order valence-electron chi connectivity index (χ3n) is 4.46. The van der Waals surface area contributed by atoms with E-state index in [-0.39, 0.29) is 11.8 Å². The number of halogens is 1. The van der Waals surface area contributed by atoms with Crippen LogP contribution in [0.25, 0.3) is 0 Å². The molecule has 1 aromatic rings. The molecule has 1 N–H and O–H groups in total. The lowest BCUT2D eigenvalue weighted by Crippen LogP contribution is -2.53. The van der Waals surface area contributed by atoms with Gasteiger partial charge >= 0.3 is 0 Å². The molecule has 0 aliphatic carbocycles. The van der Waals surface area contributed by atoms with Crippen LogP contribution in [0.15, 0.2) is 22.9 Å². The number of pyridine rings is 1. The summed E-state index contributed by atoms with van der Waals surface area (Å²) in [5.74, 6) is 0.0765. The molecule has 6 nitrogen and oxygen atoms in total. The number of nitrogens with one attached hydrogen (secondary N) is 1. The Morgan fingerprint density at radius 1 is 1.48 bits per heavy atom. The molecule has 2 fully saturated rings. The summed E-state index contributed by atoms with van der Waals surface area (Å²) in [6.45, 7) is 2.99. The van der Waals surface area contributed by atoms with E-state index in [2.05, 4.69) is 26.2 Å². The van der Waals surface area contributed by atoms with Crippen LogP contribution in [0, 0.1) is 0 Å². The molecule has 1 unspecified atom stereocenters. The minimum absolute atomic E-state index is 0.0625. The van der Waals surface area contributed by atoms with Crippen molar-refractivity contribution < 1.29 is 14.3 Å². The molecule has 2 saturated heterocycles. The molecule has 1 atom stereocenters.